The lowest BCUT2D eigenvalue weighted by Gasteiger charge is -2.07. The summed E-state index contributed by atoms with van der Waals surface area (Å²) in [6, 6.07) is 5.33. The maximum Gasteiger partial charge on any atom is 0.471 e. The monoisotopic (exact) mass is 257 g/mol. The molecular formula is C11H10F3N3O. The maximum atomic E-state index is 11.9. The van der Waals surface area contributed by atoms with E-state index in [4.69, 9.17) is 0 Å². The normalized spacial score (nSPS) is 11.7. The third-order valence-corrected chi connectivity index (χ3v) is 2.44. The number of H-pyrrole nitrogens is 1. The molecule has 2 aromatic rings. The number of alkyl halides is 3. The van der Waals surface area contributed by atoms with Crippen molar-refractivity contribution in [1.29, 1.82) is 0 Å². The van der Waals surface area contributed by atoms with Crippen LogP contribution in [0.15, 0.2) is 24.5 Å². The van der Waals surface area contributed by atoms with Gasteiger partial charge in [-0.1, -0.05) is 6.07 Å². The number of amides is 1. The van der Waals surface area contributed by atoms with Crippen molar-refractivity contribution in [2.45, 2.75) is 12.6 Å². The first-order valence-electron chi connectivity index (χ1n) is 5.24. The lowest BCUT2D eigenvalue weighted by atomic mass is 10.1. The van der Waals surface area contributed by atoms with Crippen LogP contribution in [0, 0.1) is 0 Å². The molecule has 18 heavy (non-hydrogen) atoms. The second kappa shape index (κ2) is 4.67. The number of rotatable bonds is 3. The predicted octanol–water partition coefficient (Wildman–Crippen LogP) is 1.78. The molecule has 4 nitrogen and oxygen atoms in total. The Morgan fingerprint density at radius 1 is 1.39 bits per heavy atom. The Hall–Kier alpha value is -2.05. The van der Waals surface area contributed by atoms with Crippen LogP contribution in [0.2, 0.25) is 0 Å². The molecule has 96 valence electrons. The van der Waals surface area contributed by atoms with E-state index in [2.05, 4.69) is 9.97 Å². The predicted molar refractivity (Wildman–Crippen MR) is 58.9 cm³/mol. The van der Waals surface area contributed by atoms with Gasteiger partial charge in [-0.3, -0.25) is 4.79 Å². The number of aromatic amines is 1. The molecule has 0 aliphatic carbocycles. The van der Waals surface area contributed by atoms with Crippen molar-refractivity contribution in [2.75, 3.05) is 6.54 Å². The molecule has 0 unspecified atom stereocenters. The number of benzene rings is 1. The highest BCUT2D eigenvalue weighted by Crippen LogP contribution is 2.14. The van der Waals surface area contributed by atoms with Gasteiger partial charge in [-0.2, -0.15) is 13.2 Å². The van der Waals surface area contributed by atoms with Crippen molar-refractivity contribution in [1.82, 2.24) is 15.3 Å². The Balaban J connectivity index is 1.92. The first-order valence-corrected chi connectivity index (χ1v) is 5.24. The van der Waals surface area contributed by atoms with Gasteiger partial charge in [0.05, 0.1) is 17.4 Å². The molecule has 0 bridgehead atoms. The van der Waals surface area contributed by atoms with Crippen LogP contribution < -0.4 is 5.32 Å². The number of aromatic nitrogens is 2. The molecular weight excluding hydrogens is 247 g/mol. The van der Waals surface area contributed by atoms with Crippen molar-refractivity contribution in [3.63, 3.8) is 0 Å². The summed E-state index contributed by atoms with van der Waals surface area (Å²) in [6.45, 7) is -0.0576. The van der Waals surface area contributed by atoms with Gasteiger partial charge in [0.2, 0.25) is 0 Å². The number of halogens is 3. The van der Waals surface area contributed by atoms with E-state index in [1.807, 2.05) is 5.32 Å². The fourth-order valence-electron chi connectivity index (χ4n) is 1.56. The van der Waals surface area contributed by atoms with Crippen LogP contribution in [0.1, 0.15) is 5.56 Å². The lowest BCUT2D eigenvalue weighted by Crippen LogP contribution is -2.37. The Morgan fingerprint density at radius 3 is 2.89 bits per heavy atom. The van der Waals surface area contributed by atoms with Crippen LogP contribution in [0.3, 0.4) is 0 Å². The molecule has 0 aliphatic rings. The summed E-state index contributed by atoms with van der Waals surface area (Å²) in [4.78, 5) is 17.5. The average molecular weight is 257 g/mol. The van der Waals surface area contributed by atoms with E-state index in [-0.39, 0.29) is 6.54 Å². The van der Waals surface area contributed by atoms with Gasteiger partial charge in [-0.15, -0.1) is 0 Å². The molecule has 1 aromatic carbocycles. The van der Waals surface area contributed by atoms with Crippen LogP contribution in [0.5, 0.6) is 0 Å². The van der Waals surface area contributed by atoms with Crippen LogP contribution >= 0.6 is 0 Å². The van der Waals surface area contributed by atoms with E-state index in [1.165, 1.54) is 0 Å². The fraction of sp³-hybridized carbons (Fsp3) is 0.273. The second-order valence-electron chi connectivity index (χ2n) is 3.76. The first kappa shape index (κ1) is 12.4. The number of nitrogens with zero attached hydrogens (tertiary/aromatic N) is 1. The van der Waals surface area contributed by atoms with E-state index in [0.717, 1.165) is 16.6 Å². The van der Waals surface area contributed by atoms with Crippen molar-refractivity contribution in [3.05, 3.63) is 30.1 Å². The van der Waals surface area contributed by atoms with Gasteiger partial charge in [-0.25, -0.2) is 4.98 Å². The first-order chi connectivity index (χ1) is 8.47. The van der Waals surface area contributed by atoms with E-state index in [9.17, 15) is 18.0 Å². The fourth-order valence-corrected chi connectivity index (χ4v) is 1.56. The molecule has 7 heteroatoms. The quantitative estimate of drug-likeness (QED) is 0.880. The zero-order valence-electron chi connectivity index (χ0n) is 9.21. The number of carbonyl (C=O) groups is 1. The summed E-state index contributed by atoms with van der Waals surface area (Å²) in [7, 11) is 0. The van der Waals surface area contributed by atoms with E-state index in [0.29, 0.717) is 6.42 Å². The Bertz CT molecular complexity index is 562. The number of nitrogens with one attached hydrogen (secondary N) is 2. The Morgan fingerprint density at radius 2 is 2.17 bits per heavy atom. The topological polar surface area (TPSA) is 57.8 Å². The standard InChI is InChI=1S/C11H10F3N3O/c12-11(13,14)10(18)15-4-3-7-1-2-8-9(5-7)17-6-16-8/h1-2,5-6H,3-4H2,(H,15,18)(H,16,17). The lowest BCUT2D eigenvalue weighted by molar-refractivity contribution is -0.173. The van der Waals surface area contributed by atoms with Crippen LogP contribution in [0.25, 0.3) is 11.0 Å². The number of hydrogen-bond donors (Lipinski definition) is 2. The molecule has 1 aromatic heterocycles. The van der Waals surface area contributed by atoms with Gasteiger partial charge in [-0.05, 0) is 24.1 Å². The molecule has 0 saturated carbocycles. The van der Waals surface area contributed by atoms with E-state index in [1.54, 1.807) is 24.5 Å². The van der Waals surface area contributed by atoms with Crippen molar-refractivity contribution < 1.29 is 18.0 Å². The highest BCUT2D eigenvalue weighted by Gasteiger charge is 2.38. The van der Waals surface area contributed by atoms with Crippen LogP contribution in [-0.4, -0.2) is 28.6 Å². The molecule has 0 fully saturated rings. The average Bonchev–Trinajstić information content (AvgIpc) is 2.74. The van der Waals surface area contributed by atoms with Gasteiger partial charge in [0.15, 0.2) is 0 Å². The van der Waals surface area contributed by atoms with Crippen molar-refractivity contribution in [3.8, 4) is 0 Å². The minimum absolute atomic E-state index is 0.0576. The number of hydrogen-bond acceptors (Lipinski definition) is 2. The SMILES string of the molecule is O=C(NCCc1ccc2nc[nH]c2c1)C(F)(F)F. The molecule has 2 rings (SSSR count). The van der Waals surface area contributed by atoms with Gasteiger partial charge in [0.1, 0.15) is 0 Å². The maximum absolute atomic E-state index is 11.9. The Kier molecular flexibility index (Phi) is 3.22. The van der Waals surface area contributed by atoms with Crippen LogP contribution in [-0.2, 0) is 11.2 Å². The third-order valence-electron chi connectivity index (χ3n) is 2.44. The van der Waals surface area contributed by atoms with Gasteiger partial charge in [0.25, 0.3) is 0 Å². The molecule has 0 saturated heterocycles. The molecule has 0 spiro atoms. The number of imidazole rings is 1. The van der Waals surface area contributed by atoms with Gasteiger partial charge >= 0.3 is 12.1 Å². The molecule has 1 heterocycles. The summed E-state index contributed by atoms with van der Waals surface area (Å²) < 4.78 is 35.7. The summed E-state index contributed by atoms with van der Waals surface area (Å²) in [5, 5.41) is 1.82. The zero-order valence-corrected chi connectivity index (χ0v) is 9.21. The van der Waals surface area contributed by atoms with E-state index >= 15 is 0 Å². The summed E-state index contributed by atoms with van der Waals surface area (Å²) in [5.41, 5.74) is 2.43. The Labute approximate surface area is 100 Å². The minimum Gasteiger partial charge on any atom is -0.348 e. The molecule has 2 N–H and O–H groups in total. The smallest absolute Gasteiger partial charge is 0.348 e. The number of fused-ring (bicyclic) bond motifs is 1. The highest BCUT2D eigenvalue weighted by molar-refractivity contribution is 5.81. The van der Waals surface area contributed by atoms with Gasteiger partial charge in [0, 0.05) is 6.54 Å². The molecule has 0 atom stereocenters. The van der Waals surface area contributed by atoms with E-state index < -0.39 is 12.1 Å². The van der Waals surface area contributed by atoms with Crippen LogP contribution in [0.4, 0.5) is 13.2 Å². The van der Waals surface area contributed by atoms with Crippen molar-refractivity contribution in [2.24, 2.45) is 0 Å². The molecule has 0 radical (unpaired) electrons. The number of carbonyl (C=O) groups excluding carboxylic acids is 1. The third kappa shape index (κ3) is 2.79. The highest BCUT2D eigenvalue weighted by atomic mass is 19.4. The minimum atomic E-state index is -4.83. The second-order valence-corrected chi connectivity index (χ2v) is 3.76. The summed E-state index contributed by atoms with van der Waals surface area (Å²) >= 11 is 0. The molecule has 1 amide bonds. The molecule has 0 aliphatic heterocycles. The van der Waals surface area contributed by atoms with Gasteiger partial charge < -0.3 is 10.3 Å². The summed E-state index contributed by atoms with van der Waals surface area (Å²) in [6.07, 6.45) is -2.95. The largest absolute Gasteiger partial charge is 0.471 e. The zero-order chi connectivity index (χ0) is 13.2. The summed E-state index contributed by atoms with van der Waals surface area (Å²) in [5.74, 6) is -1.91. The van der Waals surface area contributed by atoms with Crippen molar-refractivity contribution >= 4 is 16.9 Å².